The van der Waals surface area contributed by atoms with Crippen molar-refractivity contribution >= 4 is 5.78 Å². The molecule has 0 saturated heterocycles. The highest BCUT2D eigenvalue weighted by Crippen LogP contribution is 2.29. The molecule has 0 aromatic heterocycles. The minimum atomic E-state index is -0.270. The Morgan fingerprint density at radius 3 is 2.45 bits per heavy atom. The predicted octanol–water partition coefficient (Wildman–Crippen LogP) is 4.03. The predicted molar refractivity (Wildman–Crippen MR) is 81.6 cm³/mol. The molecule has 0 aliphatic carbocycles. The third-order valence-corrected chi connectivity index (χ3v) is 3.17. The first-order chi connectivity index (χ1) is 9.38. The number of ketones is 1. The smallest absolute Gasteiger partial charge is 0.161 e. The van der Waals surface area contributed by atoms with E-state index in [0.717, 1.165) is 29.9 Å². The first-order valence-electron chi connectivity index (χ1n) is 7.21. The van der Waals surface area contributed by atoms with Crippen molar-refractivity contribution in [3.05, 3.63) is 23.8 Å². The van der Waals surface area contributed by atoms with Gasteiger partial charge in [0.05, 0.1) is 13.7 Å². The molecule has 0 aliphatic rings. The van der Waals surface area contributed by atoms with Gasteiger partial charge in [0.15, 0.2) is 11.5 Å². The lowest BCUT2D eigenvalue weighted by Crippen LogP contribution is -2.20. The summed E-state index contributed by atoms with van der Waals surface area (Å²) in [6, 6.07) is 5.87. The second-order valence-corrected chi connectivity index (χ2v) is 6.01. The number of carbonyl (C=O) groups excluding carboxylic acids is 1. The number of hydrogen-bond donors (Lipinski definition) is 0. The molecular formula is C17H26O3. The van der Waals surface area contributed by atoms with Gasteiger partial charge >= 0.3 is 0 Å². The SMILES string of the molecule is CCCOc1cc(CCC(=O)C(C)(C)C)ccc1OC. The van der Waals surface area contributed by atoms with Gasteiger partial charge in [-0.3, -0.25) is 4.79 Å². The number of aryl methyl sites for hydroxylation is 1. The third kappa shape index (κ3) is 4.87. The zero-order valence-corrected chi connectivity index (χ0v) is 13.3. The fraction of sp³-hybridized carbons (Fsp3) is 0.588. The van der Waals surface area contributed by atoms with Crippen molar-refractivity contribution in [1.82, 2.24) is 0 Å². The van der Waals surface area contributed by atoms with Gasteiger partial charge < -0.3 is 9.47 Å². The Labute approximate surface area is 122 Å². The van der Waals surface area contributed by atoms with Crippen molar-refractivity contribution in [1.29, 1.82) is 0 Å². The van der Waals surface area contributed by atoms with Gasteiger partial charge in [0, 0.05) is 11.8 Å². The van der Waals surface area contributed by atoms with Crippen LogP contribution < -0.4 is 9.47 Å². The molecule has 0 fully saturated rings. The number of hydrogen-bond acceptors (Lipinski definition) is 3. The minimum Gasteiger partial charge on any atom is -0.493 e. The van der Waals surface area contributed by atoms with E-state index in [1.807, 2.05) is 39.0 Å². The van der Waals surface area contributed by atoms with Crippen LogP contribution in [0.15, 0.2) is 18.2 Å². The highest BCUT2D eigenvalue weighted by Gasteiger charge is 2.20. The van der Waals surface area contributed by atoms with Crippen LogP contribution in [0.1, 0.15) is 46.1 Å². The van der Waals surface area contributed by atoms with E-state index in [-0.39, 0.29) is 11.2 Å². The van der Waals surface area contributed by atoms with E-state index in [2.05, 4.69) is 6.92 Å². The molecule has 1 aromatic carbocycles. The van der Waals surface area contributed by atoms with Crippen molar-refractivity contribution < 1.29 is 14.3 Å². The number of carbonyl (C=O) groups is 1. The average molecular weight is 278 g/mol. The van der Waals surface area contributed by atoms with Gasteiger partial charge in [0.25, 0.3) is 0 Å². The van der Waals surface area contributed by atoms with Gasteiger partial charge in [-0.1, -0.05) is 33.8 Å². The zero-order chi connectivity index (χ0) is 15.2. The molecule has 112 valence electrons. The molecule has 0 amide bonds. The van der Waals surface area contributed by atoms with E-state index in [1.165, 1.54) is 0 Å². The van der Waals surface area contributed by atoms with Gasteiger partial charge in [-0.25, -0.2) is 0 Å². The van der Waals surface area contributed by atoms with E-state index in [4.69, 9.17) is 9.47 Å². The van der Waals surface area contributed by atoms with Crippen LogP contribution in [0.2, 0.25) is 0 Å². The van der Waals surface area contributed by atoms with Crippen LogP contribution in [0.3, 0.4) is 0 Å². The molecule has 0 bridgehead atoms. The van der Waals surface area contributed by atoms with Gasteiger partial charge in [0.1, 0.15) is 5.78 Å². The van der Waals surface area contributed by atoms with E-state index in [1.54, 1.807) is 7.11 Å². The second kappa shape index (κ2) is 7.32. The number of ether oxygens (including phenoxy) is 2. The largest absolute Gasteiger partial charge is 0.493 e. The molecule has 3 heteroatoms. The molecule has 0 spiro atoms. The fourth-order valence-electron chi connectivity index (χ4n) is 1.83. The molecule has 0 unspecified atom stereocenters. The molecule has 0 aliphatic heterocycles. The molecule has 0 atom stereocenters. The third-order valence-electron chi connectivity index (χ3n) is 3.17. The van der Waals surface area contributed by atoms with E-state index < -0.39 is 0 Å². The van der Waals surface area contributed by atoms with Crippen molar-refractivity contribution in [2.75, 3.05) is 13.7 Å². The lowest BCUT2D eigenvalue weighted by atomic mass is 9.87. The standard InChI is InChI=1S/C17H26O3/c1-6-11-20-15-12-13(7-9-14(15)19-5)8-10-16(18)17(2,3)4/h7,9,12H,6,8,10-11H2,1-5H3. The molecule has 0 radical (unpaired) electrons. The van der Waals surface area contributed by atoms with Crippen molar-refractivity contribution in [3.8, 4) is 11.5 Å². The molecule has 0 heterocycles. The van der Waals surface area contributed by atoms with Crippen LogP contribution in [0.25, 0.3) is 0 Å². The van der Waals surface area contributed by atoms with Crippen LogP contribution >= 0.6 is 0 Å². The van der Waals surface area contributed by atoms with Crippen LogP contribution in [0.5, 0.6) is 11.5 Å². The van der Waals surface area contributed by atoms with Crippen molar-refractivity contribution in [3.63, 3.8) is 0 Å². The molecule has 1 rings (SSSR count). The summed E-state index contributed by atoms with van der Waals surface area (Å²) >= 11 is 0. The minimum absolute atomic E-state index is 0.270. The van der Waals surface area contributed by atoms with Crippen molar-refractivity contribution in [2.24, 2.45) is 5.41 Å². The first kappa shape index (κ1) is 16.5. The highest BCUT2D eigenvalue weighted by atomic mass is 16.5. The Hall–Kier alpha value is -1.51. The zero-order valence-electron chi connectivity index (χ0n) is 13.3. The van der Waals surface area contributed by atoms with E-state index in [0.29, 0.717) is 13.0 Å². The van der Waals surface area contributed by atoms with Crippen LogP contribution in [-0.2, 0) is 11.2 Å². The summed E-state index contributed by atoms with van der Waals surface area (Å²) in [5.74, 6) is 1.78. The molecular weight excluding hydrogens is 252 g/mol. The first-order valence-corrected chi connectivity index (χ1v) is 7.21. The molecule has 20 heavy (non-hydrogen) atoms. The summed E-state index contributed by atoms with van der Waals surface area (Å²) in [5, 5.41) is 0. The number of rotatable bonds is 7. The summed E-state index contributed by atoms with van der Waals surface area (Å²) < 4.78 is 11.0. The number of benzene rings is 1. The number of methoxy groups -OCH3 is 1. The summed E-state index contributed by atoms with van der Waals surface area (Å²) in [7, 11) is 1.64. The summed E-state index contributed by atoms with van der Waals surface area (Å²) in [4.78, 5) is 12.0. The maximum atomic E-state index is 12.0. The van der Waals surface area contributed by atoms with Crippen molar-refractivity contribution in [2.45, 2.75) is 47.0 Å². The Bertz CT molecular complexity index is 444. The van der Waals surface area contributed by atoms with Crippen LogP contribution in [0.4, 0.5) is 0 Å². The monoisotopic (exact) mass is 278 g/mol. The summed E-state index contributed by atoms with van der Waals surface area (Å²) in [5.41, 5.74) is 0.836. The number of Topliss-reactive ketones (excluding diaryl/α,β-unsaturated/α-hetero) is 1. The fourth-order valence-corrected chi connectivity index (χ4v) is 1.83. The second-order valence-electron chi connectivity index (χ2n) is 6.01. The Kier molecular flexibility index (Phi) is 6.05. The maximum absolute atomic E-state index is 12.0. The summed E-state index contributed by atoms with van der Waals surface area (Å²) in [6.45, 7) is 8.61. The van der Waals surface area contributed by atoms with Gasteiger partial charge in [-0.2, -0.15) is 0 Å². The normalized spacial score (nSPS) is 11.2. The van der Waals surface area contributed by atoms with E-state index >= 15 is 0 Å². The molecule has 1 aromatic rings. The molecule has 3 nitrogen and oxygen atoms in total. The Morgan fingerprint density at radius 2 is 1.90 bits per heavy atom. The summed E-state index contributed by atoms with van der Waals surface area (Å²) in [6.07, 6.45) is 2.25. The molecule has 0 N–H and O–H groups in total. The van der Waals surface area contributed by atoms with Crippen LogP contribution in [0, 0.1) is 5.41 Å². The molecule has 0 saturated carbocycles. The quantitative estimate of drug-likeness (QED) is 0.755. The average Bonchev–Trinajstić information content (AvgIpc) is 2.41. The lowest BCUT2D eigenvalue weighted by Gasteiger charge is -2.16. The van der Waals surface area contributed by atoms with E-state index in [9.17, 15) is 4.79 Å². The van der Waals surface area contributed by atoms with Gasteiger partial charge in [-0.15, -0.1) is 0 Å². The lowest BCUT2D eigenvalue weighted by molar-refractivity contribution is -0.126. The Balaban J connectivity index is 2.74. The topological polar surface area (TPSA) is 35.5 Å². The van der Waals surface area contributed by atoms with Gasteiger partial charge in [0.2, 0.25) is 0 Å². The highest BCUT2D eigenvalue weighted by molar-refractivity contribution is 5.83. The Morgan fingerprint density at radius 1 is 1.20 bits per heavy atom. The maximum Gasteiger partial charge on any atom is 0.161 e. The van der Waals surface area contributed by atoms with Crippen LogP contribution in [-0.4, -0.2) is 19.5 Å². The van der Waals surface area contributed by atoms with Gasteiger partial charge in [-0.05, 0) is 30.5 Å².